The number of hydrogen-bond donors (Lipinski definition) is 1. The second kappa shape index (κ2) is 5.23. The molecule has 2 aromatic rings. The van der Waals surface area contributed by atoms with Crippen molar-refractivity contribution in [1.82, 2.24) is 4.98 Å². The molecule has 16 heavy (non-hydrogen) atoms. The molecule has 0 saturated heterocycles. The molecule has 0 amide bonds. The predicted octanol–water partition coefficient (Wildman–Crippen LogP) is 3.61. The molecule has 0 aliphatic heterocycles. The molecule has 0 fully saturated rings. The number of nitrogens with two attached hydrogens (primary N) is 1. The van der Waals surface area contributed by atoms with Crippen LogP contribution in [0.25, 0.3) is 0 Å². The van der Waals surface area contributed by atoms with Gasteiger partial charge >= 0.3 is 0 Å². The van der Waals surface area contributed by atoms with Crippen LogP contribution < -0.4 is 5.73 Å². The van der Waals surface area contributed by atoms with E-state index in [1.807, 2.05) is 36.4 Å². The van der Waals surface area contributed by atoms with Gasteiger partial charge in [0.1, 0.15) is 5.15 Å². The van der Waals surface area contributed by atoms with Crippen LogP contribution >= 0.6 is 23.4 Å². The number of nitrogens with zero attached hydrogens (tertiary/aromatic N) is 1. The molecule has 2 rings (SSSR count). The van der Waals surface area contributed by atoms with Gasteiger partial charge in [-0.1, -0.05) is 17.7 Å². The Hall–Kier alpha value is -1.19. The van der Waals surface area contributed by atoms with Crippen LogP contribution in [-0.2, 0) is 5.75 Å². The summed E-state index contributed by atoms with van der Waals surface area (Å²) in [4.78, 5) is 5.11. The molecule has 0 aliphatic carbocycles. The quantitative estimate of drug-likeness (QED) is 0.514. The summed E-state index contributed by atoms with van der Waals surface area (Å²) in [7, 11) is 0. The van der Waals surface area contributed by atoms with Crippen molar-refractivity contribution in [2.75, 3.05) is 5.73 Å². The summed E-state index contributed by atoms with van der Waals surface area (Å²) >= 11 is 7.54. The molecule has 4 heteroatoms. The van der Waals surface area contributed by atoms with E-state index in [9.17, 15) is 0 Å². The first-order chi connectivity index (χ1) is 7.74. The highest BCUT2D eigenvalue weighted by Gasteiger charge is 1.98. The zero-order chi connectivity index (χ0) is 11.4. The molecule has 0 bridgehead atoms. The summed E-state index contributed by atoms with van der Waals surface area (Å²) < 4.78 is 0. The third-order valence-corrected chi connectivity index (χ3v) is 3.33. The van der Waals surface area contributed by atoms with Gasteiger partial charge in [-0.15, -0.1) is 11.8 Å². The standard InChI is InChI=1S/C12H11ClN2S/c13-12-6-9(4-5-15-12)8-16-11-3-1-2-10(14)7-11/h1-7H,8,14H2. The Labute approximate surface area is 104 Å². The number of nitrogen functional groups attached to an aromatic ring is 1. The Bertz CT molecular complexity index is 442. The summed E-state index contributed by atoms with van der Waals surface area (Å²) in [6.07, 6.45) is 1.72. The van der Waals surface area contributed by atoms with E-state index in [2.05, 4.69) is 4.98 Å². The predicted molar refractivity (Wildman–Crippen MR) is 69.7 cm³/mol. The second-order valence-corrected chi connectivity index (χ2v) is 4.78. The lowest BCUT2D eigenvalue weighted by Crippen LogP contribution is -1.85. The maximum atomic E-state index is 5.81. The first kappa shape index (κ1) is 11.3. The Morgan fingerprint density at radius 3 is 2.88 bits per heavy atom. The van der Waals surface area contributed by atoms with Crippen LogP contribution in [0.15, 0.2) is 47.5 Å². The zero-order valence-corrected chi connectivity index (χ0v) is 10.1. The van der Waals surface area contributed by atoms with Crippen LogP contribution in [0.1, 0.15) is 5.56 Å². The summed E-state index contributed by atoms with van der Waals surface area (Å²) in [5.41, 5.74) is 7.66. The summed E-state index contributed by atoms with van der Waals surface area (Å²) in [6, 6.07) is 11.7. The van der Waals surface area contributed by atoms with Crippen LogP contribution in [0.2, 0.25) is 5.15 Å². The number of aromatic nitrogens is 1. The van der Waals surface area contributed by atoms with Gasteiger partial charge in [0.15, 0.2) is 0 Å². The van der Waals surface area contributed by atoms with Gasteiger partial charge in [-0.3, -0.25) is 0 Å². The number of anilines is 1. The van der Waals surface area contributed by atoms with Crippen molar-refractivity contribution in [2.45, 2.75) is 10.6 Å². The highest BCUT2D eigenvalue weighted by molar-refractivity contribution is 7.98. The Balaban J connectivity index is 2.02. The first-order valence-electron chi connectivity index (χ1n) is 4.83. The molecule has 0 unspecified atom stereocenters. The number of pyridine rings is 1. The zero-order valence-electron chi connectivity index (χ0n) is 8.56. The normalized spacial score (nSPS) is 10.3. The average molecular weight is 251 g/mol. The first-order valence-corrected chi connectivity index (χ1v) is 6.19. The third kappa shape index (κ3) is 3.15. The highest BCUT2D eigenvalue weighted by Crippen LogP contribution is 2.24. The van der Waals surface area contributed by atoms with E-state index in [1.54, 1.807) is 18.0 Å². The van der Waals surface area contributed by atoms with Crippen molar-refractivity contribution in [3.8, 4) is 0 Å². The van der Waals surface area contributed by atoms with E-state index in [1.165, 1.54) is 0 Å². The van der Waals surface area contributed by atoms with Gasteiger partial charge in [0.2, 0.25) is 0 Å². The van der Waals surface area contributed by atoms with Crippen molar-refractivity contribution in [2.24, 2.45) is 0 Å². The van der Waals surface area contributed by atoms with Gasteiger partial charge in [-0.25, -0.2) is 4.98 Å². The third-order valence-electron chi connectivity index (χ3n) is 2.05. The molecule has 1 aromatic heterocycles. The fraction of sp³-hybridized carbons (Fsp3) is 0.0833. The molecule has 0 radical (unpaired) electrons. The van der Waals surface area contributed by atoms with Crippen LogP contribution in [0, 0.1) is 0 Å². The van der Waals surface area contributed by atoms with Gasteiger partial charge in [-0.2, -0.15) is 0 Å². The van der Waals surface area contributed by atoms with Gasteiger partial charge in [0.05, 0.1) is 0 Å². The van der Waals surface area contributed by atoms with E-state index in [4.69, 9.17) is 17.3 Å². The van der Waals surface area contributed by atoms with Crippen molar-refractivity contribution in [1.29, 1.82) is 0 Å². The summed E-state index contributed by atoms with van der Waals surface area (Å²) in [6.45, 7) is 0. The largest absolute Gasteiger partial charge is 0.399 e. The molecule has 1 aromatic carbocycles. The molecule has 82 valence electrons. The van der Waals surface area contributed by atoms with E-state index in [-0.39, 0.29) is 0 Å². The van der Waals surface area contributed by atoms with Gasteiger partial charge < -0.3 is 5.73 Å². The number of thioether (sulfide) groups is 1. The van der Waals surface area contributed by atoms with Crippen LogP contribution in [0.3, 0.4) is 0 Å². The van der Waals surface area contributed by atoms with Crippen LogP contribution in [0.4, 0.5) is 5.69 Å². The maximum absolute atomic E-state index is 5.81. The minimum absolute atomic E-state index is 0.533. The van der Waals surface area contributed by atoms with E-state index in [0.717, 1.165) is 21.9 Å². The molecule has 1 heterocycles. The highest BCUT2D eigenvalue weighted by atomic mass is 35.5. The average Bonchev–Trinajstić information content (AvgIpc) is 2.27. The number of benzene rings is 1. The monoisotopic (exact) mass is 250 g/mol. The Kier molecular flexibility index (Phi) is 3.70. The second-order valence-electron chi connectivity index (χ2n) is 3.35. The van der Waals surface area contributed by atoms with Gasteiger partial charge in [0, 0.05) is 22.5 Å². The van der Waals surface area contributed by atoms with Gasteiger partial charge in [0.25, 0.3) is 0 Å². The Morgan fingerprint density at radius 2 is 2.12 bits per heavy atom. The van der Waals surface area contributed by atoms with E-state index < -0.39 is 0 Å². The van der Waals surface area contributed by atoms with Crippen LogP contribution in [0.5, 0.6) is 0 Å². The fourth-order valence-electron chi connectivity index (χ4n) is 1.30. The molecule has 2 N–H and O–H groups in total. The maximum Gasteiger partial charge on any atom is 0.129 e. The minimum atomic E-state index is 0.533. The SMILES string of the molecule is Nc1cccc(SCc2ccnc(Cl)c2)c1. The van der Waals surface area contributed by atoms with E-state index >= 15 is 0 Å². The van der Waals surface area contributed by atoms with Crippen molar-refractivity contribution in [3.05, 3.63) is 53.3 Å². The molecule has 2 nitrogen and oxygen atoms in total. The number of rotatable bonds is 3. The van der Waals surface area contributed by atoms with Crippen LogP contribution in [-0.4, -0.2) is 4.98 Å². The van der Waals surface area contributed by atoms with Crippen molar-refractivity contribution in [3.63, 3.8) is 0 Å². The Morgan fingerprint density at radius 1 is 1.25 bits per heavy atom. The smallest absolute Gasteiger partial charge is 0.129 e. The van der Waals surface area contributed by atoms with Gasteiger partial charge in [-0.05, 0) is 35.9 Å². The molecule has 0 aliphatic rings. The summed E-state index contributed by atoms with van der Waals surface area (Å²) in [5.74, 6) is 0.867. The molecule has 0 spiro atoms. The molecule has 0 atom stereocenters. The lowest BCUT2D eigenvalue weighted by Gasteiger charge is -2.03. The van der Waals surface area contributed by atoms with E-state index in [0.29, 0.717) is 5.15 Å². The summed E-state index contributed by atoms with van der Waals surface area (Å²) in [5, 5.41) is 0.533. The molecule has 0 saturated carbocycles. The number of hydrogen-bond acceptors (Lipinski definition) is 3. The molecular weight excluding hydrogens is 240 g/mol. The lowest BCUT2D eigenvalue weighted by atomic mass is 10.3. The number of halogens is 1. The fourth-order valence-corrected chi connectivity index (χ4v) is 2.41. The minimum Gasteiger partial charge on any atom is -0.399 e. The lowest BCUT2D eigenvalue weighted by molar-refractivity contribution is 1.27. The topological polar surface area (TPSA) is 38.9 Å². The van der Waals surface area contributed by atoms with Crippen molar-refractivity contribution >= 4 is 29.1 Å². The molecular formula is C12H11ClN2S. The van der Waals surface area contributed by atoms with Crippen molar-refractivity contribution < 1.29 is 0 Å².